The summed E-state index contributed by atoms with van der Waals surface area (Å²) in [5, 5.41) is 15.5. The lowest BCUT2D eigenvalue weighted by atomic mass is 10.0. The van der Waals surface area contributed by atoms with Gasteiger partial charge in [-0.05, 0) is 36.4 Å². The number of nitrogens with zero attached hydrogens (tertiary/aromatic N) is 5. The van der Waals surface area contributed by atoms with Crippen molar-refractivity contribution >= 4 is 16.3 Å². The Hall–Kier alpha value is -2.75. The first-order valence-electron chi connectivity index (χ1n) is 9.98. The molecule has 30 heavy (non-hydrogen) atoms. The second-order valence-corrected chi connectivity index (χ2v) is 8.33. The first kappa shape index (κ1) is 19.2. The Morgan fingerprint density at radius 3 is 2.57 bits per heavy atom. The van der Waals surface area contributed by atoms with E-state index in [0.717, 1.165) is 43.2 Å². The molecule has 4 aromatic rings. The van der Waals surface area contributed by atoms with Gasteiger partial charge in [0.2, 0.25) is 16.7 Å². The van der Waals surface area contributed by atoms with E-state index in [9.17, 15) is 9.50 Å². The van der Waals surface area contributed by atoms with Gasteiger partial charge in [-0.15, -0.1) is 5.10 Å². The summed E-state index contributed by atoms with van der Waals surface area (Å²) in [6.45, 7) is 6.82. The molecular formula is C21H22FN5O2S. The van der Waals surface area contributed by atoms with Crippen LogP contribution in [0.1, 0.15) is 23.4 Å². The van der Waals surface area contributed by atoms with E-state index in [1.807, 2.05) is 0 Å². The molecule has 1 N–H and O–H groups in total. The zero-order chi connectivity index (χ0) is 20.7. The van der Waals surface area contributed by atoms with Gasteiger partial charge in [0, 0.05) is 26.2 Å². The Morgan fingerprint density at radius 1 is 1.17 bits per heavy atom. The average molecular weight is 428 g/mol. The Labute approximate surface area is 177 Å². The molecular weight excluding hydrogens is 405 g/mol. The molecule has 1 saturated heterocycles. The molecule has 7 nitrogen and oxygen atoms in total. The fourth-order valence-corrected chi connectivity index (χ4v) is 5.07. The number of hydrogen-bond donors (Lipinski definition) is 1. The van der Waals surface area contributed by atoms with Gasteiger partial charge in [-0.3, -0.25) is 4.90 Å². The molecule has 0 bridgehead atoms. The lowest BCUT2D eigenvalue weighted by Crippen LogP contribution is -2.47. The molecule has 1 atom stereocenters. The third-order valence-electron chi connectivity index (χ3n) is 5.59. The van der Waals surface area contributed by atoms with Crippen molar-refractivity contribution in [2.24, 2.45) is 0 Å². The molecule has 1 aliphatic rings. The SMILES string of the molecule is CCN1CCN([C@H](c2ccc(F)cc2)c2sc3nc(-c4ccco4)nn3c2O)CC1. The number of piperazine rings is 1. The van der Waals surface area contributed by atoms with Crippen LogP contribution in [0.25, 0.3) is 16.5 Å². The van der Waals surface area contributed by atoms with Crippen LogP contribution in [0.4, 0.5) is 4.39 Å². The van der Waals surface area contributed by atoms with Gasteiger partial charge in [-0.25, -0.2) is 4.39 Å². The van der Waals surface area contributed by atoms with Crippen LogP contribution < -0.4 is 0 Å². The van der Waals surface area contributed by atoms with Gasteiger partial charge in [0.15, 0.2) is 5.76 Å². The molecule has 0 amide bonds. The predicted octanol–water partition coefficient (Wildman–Crippen LogP) is 3.62. The number of fused-ring (bicyclic) bond motifs is 1. The molecule has 4 heterocycles. The van der Waals surface area contributed by atoms with Crippen molar-refractivity contribution in [2.75, 3.05) is 32.7 Å². The first-order chi connectivity index (χ1) is 14.6. The molecule has 9 heteroatoms. The summed E-state index contributed by atoms with van der Waals surface area (Å²) in [6.07, 6.45) is 1.57. The van der Waals surface area contributed by atoms with E-state index in [1.165, 1.54) is 28.0 Å². The van der Waals surface area contributed by atoms with Crippen LogP contribution in [0.3, 0.4) is 0 Å². The smallest absolute Gasteiger partial charge is 0.230 e. The van der Waals surface area contributed by atoms with Gasteiger partial charge in [0.25, 0.3) is 0 Å². The summed E-state index contributed by atoms with van der Waals surface area (Å²) >= 11 is 1.40. The van der Waals surface area contributed by atoms with Gasteiger partial charge >= 0.3 is 0 Å². The molecule has 1 aliphatic heterocycles. The van der Waals surface area contributed by atoms with Crippen LogP contribution in [-0.4, -0.2) is 62.2 Å². The molecule has 0 radical (unpaired) electrons. The molecule has 0 aliphatic carbocycles. The summed E-state index contributed by atoms with van der Waals surface area (Å²) < 4.78 is 20.4. The van der Waals surface area contributed by atoms with Crippen LogP contribution in [0.5, 0.6) is 5.88 Å². The zero-order valence-electron chi connectivity index (χ0n) is 16.5. The second-order valence-electron chi connectivity index (χ2n) is 7.32. The number of likely N-dealkylation sites (N-methyl/N-ethyl adjacent to an activating group) is 1. The van der Waals surface area contributed by atoms with Crippen molar-refractivity contribution in [1.82, 2.24) is 24.4 Å². The normalized spacial score (nSPS) is 17.0. The minimum atomic E-state index is -0.275. The molecule has 5 rings (SSSR count). The van der Waals surface area contributed by atoms with Crippen LogP contribution in [-0.2, 0) is 0 Å². The highest BCUT2D eigenvalue weighted by molar-refractivity contribution is 7.17. The van der Waals surface area contributed by atoms with E-state index >= 15 is 0 Å². The van der Waals surface area contributed by atoms with Crippen LogP contribution in [0.2, 0.25) is 0 Å². The van der Waals surface area contributed by atoms with Crippen molar-refractivity contribution in [3.8, 4) is 17.5 Å². The van der Waals surface area contributed by atoms with Crippen molar-refractivity contribution in [3.05, 3.63) is 58.9 Å². The number of aromatic nitrogens is 3. The number of thiazole rings is 1. The minimum absolute atomic E-state index is 0.0625. The van der Waals surface area contributed by atoms with Crippen molar-refractivity contribution < 1.29 is 13.9 Å². The third kappa shape index (κ3) is 3.38. The Kier molecular flexibility index (Phi) is 5.01. The first-order valence-corrected chi connectivity index (χ1v) is 10.8. The molecule has 0 spiro atoms. The molecule has 0 saturated carbocycles. The van der Waals surface area contributed by atoms with Gasteiger partial charge in [0.05, 0.1) is 17.2 Å². The summed E-state index contributed by atoms with van der Waals surface area (Å²) in [7, 11) is 0. The number of aromatic hydroxyl groups is 1. The largest absolute Gasteiger partial charge is 0.492 e. The van der Waals surface area contributed by atoms with Gasteiger partial charge in [0.1, 0.15) is 5.82 Å². The highest BCUT2D eigenvalue weighted by atomic mass is 32.1. The number of rotatable bonds is 5. The Bertz CT molecular complexity index is 1130. The number of halogens is 1. The highest BCUT2D eigenvalue weighted by Gasteiger charge is 2.31. The van der Waals surface area contributed by atoms with Crippen LogP contribution >= 0.6 is 11.3 Å². The lowest BCUT2D eigenvalue weighted by Gasteiger charge is -2.38. The quantitative estimate of drug-likeness (QED) is 0.525. The van der Waals surface area contributed by atoms with Crippen molar-refractivity contribution in [1.29, 1.82) is 0 Å². The fraction of sp³-hybridized carbons (Fsp3) is 0.333. The van der Waals surface area contributed by atoms with Crippen LogP contribution in [0, 0.1) is 5.82 Å². The maximum absolute atomic E-state index is 13.6. The maximum Gasteiger partial charge on any atom is 0.230 e. The molecule has 0 unspecified atom stereocenters. The highest BCUT2D eigenvalue weighted by Crippen LogP contribution is 2.40. The topological polar surface area (TPSA) is 70.0 Å². The van der Waals surface area contributed by atoms with E-state index < -0.39 is 0 Å². The fourth-order valence-electron chi connectivity index (χ4n) is 3.95. The standard InChI is InChI=1S/C21H22FN5O2S/c1-2-25-9-11-26(12-10-25)17(14-5-7-15(22)8-6-14)18-20(28)27-21(30-18)23-19(24-27)16-4-3-13-29-16/h3-8,13,17,28H,2,9-12H2,1H3/t17-/m1/s1. The van der Waals surface area contributed by atoms with Gasteiger partial charge in [-0.1, -0.05) is 30.4 Å². The lowest BCUT2D eigenvalue weighted by molar-refractivity contribution is 0.113. The van der Waals surface area contributed by atoms with Crippen molar-refractivity contribution in [3.63, 3.8) is 0 Å². The van der Waals surface area contributed by atoms with E-state index in [1.54, 1.807) is 30.5 Å². The summed E-state index contributed by atoms with van der Waals surface area (Å²) in [5.74, 6) is 0.774. The maximum atomic E-state index is 13.6. The number of benzene rings is 1. The predicted molar refractivity (Wildman–Crippen MR) is 112 cm³/mol. The summed E-state index contributed by atoms with van der Waals surface area (Å²) in [4.78, 5) is 10.6. The van der Waals surface area contributed by atoms with Gasteiger partial charge in [-0.2, -0.15) is 9.50 Å². The minimum Gasteiger partial charge on any atom is -0.492 e. The zero-order valence-corrected chi connectivity index (χ0v) is 17.3. The van der Waals surface area contributed by atoms with Gasteiger partial charge < -0.3 is 14.4 Å². The summed E-state index contributed by atoms with van der Waals surface area (Å²) in [5.41, 5.74) is 0.937. The molecule has 3 aromatic heterocycles. The van der Waals surface area contributed by atoms with E-state index in [2.05, 4.69) is 26.8 Å². The van der Waals surface area contributed by atoms with Crippen molar-refractivity contribution in [2.45, 2.75) is 13.0 Å². The van der Waals surface area contributed by atoms with Crippen LogP contribution in [0.15, 0.2) is 47.1 Å². The Balaban J connectivity index is 1.55. The average Bonchev–Trinajstić information content (AvgIpc) is 3.49. The van der Waals surface area contributed by atoms with E-state index in [0.29, 0.717) is 16.5 Å². The molecule has 1 fully saturated rings. The summed E-state index contributed by atoms with van der Waals surface area (Å²) in [6, 6.07) is 9.87. The third-order valence-corrected chi connectivity index (χ3v) is 6.67. The van der Waals surface area contributed by atoms with E-state index in [4.69, 9.17) is 4.42 Å². The Morgan fingerprint density at radius 2 is 1.93 bits per heavy atom. The molecule has 1 aromatic carbocycles. The monoisotopic (exact) mass is 427 g/mol. The molecule has 156 valence electrons. The van der Waals surface area contributed by atoms with E-state index in [-0.39, 0.29) is 17.7 Å². The second kappa shape index (κ2) is 7.82. The number of hydrogen-bond acceptors (Lipinski definition) is 7. The number of furan rings is 1.